The number of hydrogen-bond donors (Lipinski definition) is 3. The molecule has 7 nitrogen and oxygen atoms in total. The fourth-order valence-corrected chi connectivity index (χ4v) is 1.16. The first-order valence-corrected chi connectivity index (χ1v) is 5.24. The molecule has 0 radical (unpaired) electrons. The number of nitrogens with one attached hydrogen (secondary N) is 2. The highest BCUT2D eigenvalue weighted by molar-refractivity contribution is 5.88. The molecule has 3 amide bonds. The molecule has 0 bridgehead atoms. The number of carbonyl (C=O) groups excluding carboxylic acids is 2. The average molecular weight is 255 g/mol. The van der Waals surface area contributed by atoms with Gasteiger partial charge in [0.1, 0.15) is 12.1 Å². The first-order chi connectivity index (χ1) is 8.29. The Labute approximate surface area is 106 Å². The van der Waals surface area contributed by atoms with Gasteiger partial charge in [-0.15, -0.1) is 12.3 Å². The Morgan fingerprint density at radius 2 is 1.89 bits per heavy atom. The van der Waals surface area contributed by atoms with E-state index in [2.05, 4.69) is 16.6 Å². The molecule has 0 spiro atoms. The van der Waals surface area contributed by atoms with Crippen LogP contribution in [0.5, 0.6) is 0 Å². The molecule has 0 aliphatic carbocycles. The molecular weight excluding hydrogens is 238 g/mol. The number of carbonyl (C=O) groups is 3. The summed E-state index contributed by atoms with van der Waals surface area (Å²) >= 11 is 0. The van der Waals surface area contributed by atoms with Gasteiger partial charge in [0.15, 0.2) is 0 Å². The van der Waals surface area contributed by atoms with Crippen LogP contribution < -0.4 is 10.6 Å². The summed E-state index contributed by atoms with van der Waals surface area (Å²) in [4.78, 5) is 35.0. The molecular formula is C11H17N3O4. The minimum Gasteiger partial charge on any atom is -0.480 e. The quantitative estimate of drug-likeness (QED) is 0.562. The Hall–Kier alpha value is -2.23. The number of carboxylic acids is 1. The average Bonchev–Trinajstić information content (AvgIpc) is 2.26. The number of urea groups is 1. The molecule has 0 saturated heterocycles. The highest BCUT2D eigenvalue weighted by Crippen LogP contribution is 1.93. The van der Waals surface area contributed by atoms with Crippen molar-refractivity contribution in [1.82, 2.24) is 15.5 Å². The molecule has 2 atom stereocenters. The van der Waals surface area contributed by atoms with Gasteiger partial charge in [-0.1, -0.05) is 0 Å². The second-order valence-corrected chi connectivity index (χ2v) is 3.87. The van der Waals surface area contributed by atoms with Crippen LogP contribution in [-0.2, 0) is 9.59 Å². The van der Waals surface area contributed by atoms with Crippen molar-refractivity contribution in [3.8, 4) is 12.3 Å². The van der Waals surface area contributed by atoms with Crippen molar-refractivity contribution in [2.45, 2.75) is 25.4 Å². The van der Waals surface area contributed by atoms with E-state index in [4.69, 9.17) is 11.5 Å². The fourth-order valence-electron chi connectivity index (χ4n) is 1.16. The number of likely N-dealkylation sites (N-methyl/N-ethyl adjacent to an activating group) is 1. The van der Waals surface area contributed by atoms with Crippen molar-refractivity contribution < 1.29 is 19.5 Å². The standard InChI is InChI=1S/C11H17N3O4/c1-5-6-8(10(16)17)13-11(18)12-7(2)9(15)14(3)4/h1,7-8H,6H2,2-4H3,(H,16,17)(H2,12,13,18). The summed E-state index contributed by atoms with van der Waals surface area (Å²) in [5.74, 6) is 0.626. The summed E-state index contributed by atoms with van der Waals surface area (Å²) in [6.45, 7) is 1.50. The van der Waals surface area contributed by atoms with Crippen LogP contribution in [0.4, 0.5) is 4.79 Å². The third kappa shape index (κ3) is 5.21. The maximum absolute atomic E-state index is 11.5. The Morgan fingerprint density at radius 1 is 1.33 bits per heavy atom. The van der Waals surface area contributed by atoms with Crippen LogP contribution in [0.3, 0.4) is 0 Å². The summed E-state index contributed by atoms with van der Waals surface area (Å²) in [5.41, 5.74) is 0. The first kappa shape index (κ1) is 15.8. The molecule has 0 aromatic heterocycles. The van der Waals surface area contributed by atoms with E-state index in [-0.39, 0.29) is 12.3 Å². The van der Waals surface area contributed by atoms with E-state index < -0.39 is 24.1 Å². The number of aliphatic carboxylic acids is 1. The van der Waals surface area contributed by atoms with Crippen LogP contribution in [0.15, 0.2) is 0 Å². The van der Waals surface area contributed by atoms with Gasteiger partial charge in [-0.05, 0) is 6.92 Å². The molecule has 0 fully saturated rings. The molecule has 2 unspecified atom stereocenters. The predicted octanol–water partition coefficient (Wildman–Crippen LogP) is -0.761. The summed E-state index contributed by atoms with van der Waals surface area (Å²) in [7, 11) is 3.10. The lowest BCUT2D eigenvalue weighted by Crippen LogP contribution is -2.52. The third-order valence-corrected chi connectivity index (χ3v) is 2.08. The van der Waals surface area contributed by atoms with Gasteiger partial charge in [0.2, 0.25) is 5.91 Å². The number of carboxylic acid groups (broad SMARTS) is 1. The van der Waals surface area contributed by atoms with Gasteiger partial charge in [-0.3, -0.25) is 4.79 Å². The van der Waals surface area contributed by atoms with Gasteiger partial charge in [0, 0.05) is 20.5 Å². The Kier molecular flexibility index (Phi) is 6.28. The maximum atomic E-state index is 11.5. The summed E-state index contributed by atoms with van der Waals surface area (Å²) < 4.78 is 0. The van der Waals surface area contributed by atoms with Crippen LogP contribution >= 0.6 is 0 Å². The second-order valence-electron chi connectivity index (χ2n) is 3.87. The summed E-state index contributed by atoms with van der Waals surface area (Å²) in [6, 6.07) is -2.67. The minimum atomic E-state index is -1.23. The van der Waals surface area contributed by atoms with Gasteiger partial charge in [0.25, 0.3) is 0 Å². The van der Waals surface area contributed by atoms with Crippen LogP contribution in [0.25, 0.3) is 0 Å². The summed E-state index contributed by atoms with van der Waals surface area (Å²) in [6.07, 6.45) is 4.86. The van der Waals surface area contributed by atoms with Crippen LogP contribution in [0.2, 0.25) is 0 Å². The van der Waals surface area contributed by atoms with E-state index in [1.807, 2.05) is 0 Å². The zero-order chi connectivity index (χ0) is 14.3. The monoisotopic (exact) mass is 255 g/mol. The van der Waals surface area contributed by atoms with Gasteiger partial charge in [-0.25, -0.2) is 9.59 Å². The maximum Gasteiger partial charge on any atom is 0.327 e. The molecule has 0 aliphatic heterocycles. The highest BCUT2D eigenvalue weighted by Gasteiger charge is 2.22. The Balaban J connectivity index is 4.38. The largest absolute Gasteiger partial charge is 0.480 e. The molecule has 18 heavy (non-hydrogen) atoms. The number of rotatable bonds is 5. The minimum absolute atomic E-state index is 0.126. The topological polar surface area (TPSA) is 98.7 Å². The van der Waals surface area contributed by atoms with Crippen molar-refractivity contribution >= 4 is 17.9 Å². The number of nitrogens with zero attached hydrogens (tertiary/aromatic N) is 1. The highest BCUT2D eigenvalue weighted by atomic mass is 16.4. The molecule has 100 valence electrons. The van der Waals surface area contributed by atoms with Gasteiger partial charge < -0.3 is 20.6 Å². The zero-order valence-electron chi connectivity index (χ0n) is 10.6. The molecule has 3 N–H and O–H groups in total. The van der Waals surface area contributed by atoms with Gasteiger partial charge in [0.05, 0.1) is 0 Å². The molecule has 7 heteroatoms. The lowest BCUT2D eigenvalue weighted by atomic mass is 10.2. The second kappa shape index (κ2) is 7.17. The molecule has 0 heterocycles. The summed E-state index contributed by atoms with van der Waals surface area (Å²) in [5, 5.41) is 13.3. The lowest BCUT2D eigenvalue weighted by molar-refractivity contribution is -0.139. The molecule has 0 aromatic rings. The van der Waals surface area contributed by atoms with E-state index >= 15 is 0 Å². The van der Waals surface area contributed by atoms with E-state index in [0.29, 0.717) is 0 Å². The van der Waals surface area contributed by atoms with Crippen molar-refractivity contribution in [2.75, 3.05) is 14.1 Å². The van der Waals surface area contributed by atoms with Crippen molar-refractivity contribution in [3.05, 3.63) is 0 Å². The van der Waals surface area contributed by atoms with E-state index in [1.165, 1.54) is 11.8 Å². The van der Waals surface area contributed by atoms with E-state index in [0.717, 1.165) is 0 Å². The van der Waals surface area contributed by atoms with E-state index in [9.17, 15) is 14.4 Å². The van der Waals surface area contributed by atoms with E-state index in [1.54, 1.807) is 14.1 Å². The third-order valence-electron chi connectivity index (χ3n) is 2.08. The molecule has 0 rings (SSSR count). The van der Waals surface area contributed by atoms with Crippen LogP contribution in [0.1, 0.15) is 13.3 Å². The predicted molar refractivity (Wildman–Crippen MR) is 64.7 cm³/mol. The Bertz CT molecular complexity index is 373. The molecule has 0 aliphatic rings. The normalized spacial score (nSPS) is 12.8. The van der Waals surface area contributed by atoms with Crippen molar-refractivity contribution in [2.24, 2.45) is 0 Å². The van der Waals surface area contributed by atoms with Crippen LogP contribution in [0, 0.1) is 12.3 Å². The van der Waals surface area contributed by atoms with Crippen molar-refractivity contribution in [3.63, 3.8) is 0 Å². The first-order valence-electron chi connectivity index (χ1n) is 5.24. The molecule has 0 saturated carbocycles. The number of amides is 3. The number of terminal acetylenes is 1. The van der Waals surface area contributed by atoms with Crippen LogP contribution in [-0.4, -0.2) is 54.1 Å². The number of hydrogen-bond acceptors (Lipinski definition) is 3. The zero-order valence-corrected chi connectivity index (χ0v) is 10.6. The smallest absolute Gasteiger partial charge is 0.327 e. The van der Waals surface area contributed by atoms with Gasteiger partial charge >= 0.3 is 12.0 Å². The Morgan fingerprint density at radius 3 is 2.28 bits per heavy atom. The van der Waals surface area contributed by atoms with Crippen molar-refractivity contribution in [1.29, 1.82) is 0 Å². The SMILES string of the molecule is C#CCC(NC(=O)NC(C)C(=O)N(C)C)C(=O)O. The van der Waals surface area contributed by atoms with Gasteiger partial charge in [-0.2, -0.15) is 0 Å². The molecule has 0 aromatic carbocycles. The fraction of sp³-hybridized carbons (Fsp3) is 0.545. The lowest BCUT2D eigenvalue weighted by Gasteiger charge is -2.19.